The van der Waals surface area contributed by atoms with Crippen LogP contribution in [0.25, 0.3) is 0 Å². The number of hydrogen-bond acceptors (Lipinski definition) is 4. The van der Waals surface area contributed by atoms with Gasteiger partial charge >= 0.3 is 137 Å². The SMILES string of the molecule is CCOC(=O)C(C)[C]12[CH]3[CH]4[CH]5[CH]1[Fe]45321678[CH]2[CH]1[CH]6[C]7(C(C)C(=O)OCC)[CH]28. The summed E-state index contributed by atoms with van der Waals surface area (Å²) in [6.07, 6.45) is 0. The van der Waals surface area contributed by atoms with Crippen molar-refractivity contribution >= 4 is 11.9 Å². The molecule has 10 rings (SSSR count). The molecule has 10 aliphatic rings. The standard InChI is InChI=1S/2C10H13O2.Fe/c2*1-3-12-10(11)8(2)9-6-4-5-7-9;/h2*4-8H,3H2,1-2H3;. The third-order valence-electron chi connectivity index (χ3n) is 17.6. The first kappa shape index (κ1) is 12.0. The van der Waals surface area contributed by atoms with Crippen LogP contribution in [0.15, 0.2) is 0 Å². The second-order valence-corrected chi connectivity index (χ2v) is 36.1. The van der Waals surface area contributed by atoms with Gasteiger partial charge in [0, 0.05) is 0 Å². The molecule has 138 valence electrons. The van der Waals surface area contributed by atoms with Crippen LogP contribution in [-0.4, -0.2) is 25.2 Å². The molecule has 0 amide bonds. The third-order valence-corrected chi connectivity index (χ3v) is 61.3. The van der Waals surface area contributed by atoms with Crippen molar-refractivity contribution in [1.82, 2.24) is 0 Å². The molecule has 0 saturated carbocycles. The van der Waals surface area contributed by atoms with Crippen LogP contribution in [0.1, 0.15) is 27.7 Å². The summed E-state index contributed by atoms with van der Waals surface area (Å²) in [6, 6.07) is 0. The molecule has 10 atom stereocenters. The molecule has 25 heavy (non-hydrogen) atoms. The van der Waals surface area contributed by atoms with Gasteiger partial charge in [0.15, 0.2) is 0 Å². The van der Waals surface area contributed by atoms with E-state index in [1.54, 1.807) is 0 Å². The summed E-state index contributed by atoms with van der Waals surface area (Å²) in [6.45, 7) is 5.48. The van der Waals surface area contributed by atoms with Gasteiger partial charge in [-0.05, 0) is 0 Å². The molecule has 4 nitrogen and oxygen atoms in total. The van der Waals surface area contributed by atoms with Crippen LogP contribution in [-0.2, 0) is 25.6 Å². The van der Waals surface area contributed by atoms with Crippen LogP contribution >= 0.6 is 0 Å². The van der Waals surface area contributed by atoms with Crippen molar-refractivity contribution in [2.24, 2.45) is 11.8 Å². The summed E-state index contributed by atoms with van der Waals surface area (Å²) in [5.74, 6) is 0.393. The van der Waals surface area contributed by atoms with E-state index in [1.807, 2.05) is 13.8 Å². The summed E-state index contributed by atoms with van der Waals surface area (Å²) in [5, 5.41) is 0. The zero-order chi connectivity index (χ0) is 17.1. The molecule has 0 aromatic rings. The van der Waals surface area contributed by atoms with Crippen LogP contribution in [0.2, 0.25) is 47.2 Å². The second-order valence-electron chi connectivity index (χ2n) is 12.8. The van der Waals surface area contributed by atoms with E-state index >= 15 is 0 Å². The van der Waals surface area contributed by atoms with Gasteiger partial charge in [-0.15, -0.1) is 0 Å². The van der Waals surface area contributed by atoms with Crippen molar-refractivity contribution in [3.05, 3.63) is 0 Å². The van der Waals surface area contributed by atoms with E-state index in [0.29, 0.717) is 21.8 Å². The van der Waals surface area contributed by atoms with Crippen LogP contribution in [0.3, 0.4) is 0 Å². The second kappa shape index (κ2) is 1.27. The molecular formula is C20H26FeO4. The van der Waals surface area contributed by atoms with Crippen LogP contribution < -0.4 is 0 Å². The van der Waals surface area contributed by atoms with E-state index in [2.05, 4.69) is 13.8 Å². The molecule has 0 N–H and O–H groups in total. The van der Waals surface area contributed by atoms with Crippen molar-refractivity contribution in [2.45, 2.75) is 74.9 Å². The minimum absolute atomic E-state index is 0.0782. The molecule has 0 aromatic carbocycles. The Kier molecular flexibility index (Phi) is 0.612. The van der Waals surface area contributed by atoms with E-state index in [9.17, 15) is 9.59 Å². The van der Waals surface area contributed by atoms with Crippen molar-refractivity contribution in [1.29, 1.82) is 0 Å². The number of carbonyl (C=O) groups is 2. The molecule has 5 heteroatoms. The Bertz CT molecular complexity index is 1160. The maximum absolute atomic E-state index is 12.8. The predicted octanol–water partition coefficient (Wildman–Crippen LogP) is 4.51. The van der Waals surface area contributed by atoms with Gasteiger partial charge in [-0.1, -0.05) is 0 Å². The molecule has 10 unspecified atom stereocenters. The van der Waals surface area contributed by atoms with Gasteiger partial charge in [0.2, 0.25) is 0 Å². The van der Waals surface area contributed by atoms with Gasteiger partial charge in [0.05, 0.1) is 0 Å². The Morgan fingerprint density at radius 3 is 1.36 bits per heavy atom. The Morgan fingerprint density at radius 1 is 0.800 bits per heavy atom. The van der Waals surface area contributed by atoms with E-state index in [-0.39, 0.29) is 23.8 Å². The van der Waals surface area contributed by atoms with E-state index in [0.717, 1.165) is 38.5 Å². The Labute approximate surface area is 137 Å². The van der Waals surface area contributed by atoms with Crippen molar-refractivity contribution in [3.63, 3.8) is 0 Å². The van der Waals surface area contributed by atoms with Crippen LogP contribution in [0.5, 0.6) is 0 Å². The maximum atomic E-state index is 12.8. The minimum atomic E-state index is -3.78. The normalized spacial score (nSPS) is 89.9. The third kappa shape index (κ3) is 0.171. The summed E-state index contributed by atoms with van der Waals surface area (Å²) in [5.41, 5.74) is 0. The summed E-state index contributed by atoms with van der Waals surface area (Å²) in [7, 11) is 0. The fraction of sp³-hybridized carbons (Fsp3) is 0.900. The fourth-order valence-electron chi connectivity index (χ4n) is 20.2. The van der Waals surface area contributed by atoms with Gasteiger partial charge in [-0.25, -0.2) is 0 Å². The van der Waals surface area contributed by atoms with Crippen molar-refractivity contribution in [3.8, 4) is 0 Å². The topological polar surface area (TPSA) is 52.6 Å². The van der Waals surface area contributed by atoms with E-state index in [4.69, 9.17) is 9.47 Å². The molecule has 0 radical (unpaired) electrons. The first-order valence-electron chi connectivity index (χ1n) is 10.3. The van der Waals surface area contributed by atoms with Crippen molar-refractivity contribution < 1.29 is 25.6 Å². The molecule has 10 heterocycles. The van der Waals surface area contributed by atoms with Gasteiger partial charge in [-0.2, -0.15) is 0 Å². The molecule has 0 aromatic heterocycles. The quantitative estimate of drug-likeness (QED) is 0.498. The number of ether oxygens (including phenoxy) is 2. The van der Waals surface area contributed by atoms with Crippen LogP contribution in [0.4, 0.5) is 0 Å². The first-order valence-corrected chi connectivity index (χ1v) is 16.5. The number of hydrogen-bond donors (Lipinski definition) is 0. The number of fused-ring (bicyclic) bond motifs is 10. The van der Waals surface area contributed by atoms with Gasteiger partial charge in [0.25, 0.3) is 0 Å². The molecule has 10 fully saturated rings. The van der Waals surface area contributed by atoms with Gasteiger partial charge in [-0.3, -0.25) is 0 Å². The molecule has 10 aliphatic heterocycles. The van der Waals surface area contributed by atoms with Crippen molar-refractivity contribution in [2.75, 3.05) is 13.2 Å². The summed E-state index contributed by atoms with van der Waals surface area (Å²) in [4.78, 5) is 33.7. The number of carbonyl (C=O) groups excluding carboxylic acids is 2. The summed E-state index contributed by atoms with van der Waals surface area (Å²) >= 11 is 0. The molecule has 0 aliphatic carbocycles. The first-order chi connectivity index (χ1) is 11.7. The number of esters is 2. The summed E-state index contributed by atoms with van der Waals surface area (Å²) < 4.78 is 11.9. The fourth-order valence-corrected chi connectivity index (χ4v) is 99.4. The van der Waals surface area contributed by atoms with E-state index < -0.39 is 6.51 Å². The Hall–Kier alpha value is -0.541. The zero-order valence-electron chi connectivity index (χ0n) is 15.2. The molecular weight excluding hydrogens is 360 g/mol. The van der Waals surface area contributed by atoms with Crippen LogP contribution in [0, 0.1) is 11.8 Å². The Balaban J connectivity index is 1.27. The average Bonchev–Trinajstić information content (AvgIpc) is 3.54. The molecule has 10 saturated heterocycles. The van der Waals surface area contributed by atoms with Gasteiger partial charge < -0.3 is 0 Å². The number of rotatable bonds is 6. The zero-order valence-corrected chi connectivity index (χ0v) is 16.3. The molecule has 0 bridgehead atoms. The monoisotopic (exact) mass is 386 g/mol. The van der Waals surface area contributed by atoms with E-state index in [1.165, 1.54) is 0 Å². The predicted molar refractivity (Wildman–Crippen MR) is 87.0 cm³/mol. The Morgan fingerprint density at radius 2 is 1.12 bits per heavy atom. The molecule has 1 spiro atoms. The average molecular weight is 386 g/mol. The van der Waals surface area contributed by atoms with Gasteiger partial charge in [0.1, 0.15) is 0 Å².